The minimum Gasteiger partial charge on any atom is -0.324 e. The highest BCUT2D eigenvalue weighted by molar-refractivity contribution is 5.30. The van der Waals surface area contributed by atoms with Crippen LogP contribution in [0.3, 0.4) is 0 Å². The number of aryl methyl sites for hydroxylation is 2. The summed E-state index contributed by atoms with van der Waals surface area (Å²) in [5.74, 6) is 0. The van der Waals surface area contributed by atoms with Crippen molar-refractivity contribution >= 4 is 0 Å². The monoisotopic (exact) mass is 276 g/mol. The standard InChI is InChI=1S/C14H24N6/c1-5-11(15)14-12(6-2)17-20(13(14)7-3)9-10-8-19(4)18-16-10/h8,11H,5-7,9,15H2,1-4H3. The van der Waals surface area contributed by atoms with Crippen molar-refractivity contribution in [2.45, 2.75) is 52.6 Å². The number of nitrogens with zero attached hydrogens (tertiary/aromatic N) is 5. The second-order valence-electron chi connectivity index (χ2n) is 5.07. The van der Waals surface area contributed by atoms with Gasteiger partial charge in [0.25, 0.3) is 0 Å². The Morgan fingerprint density at radius 1 is 1.25 bits per heavy atom. The van der Waals surface area contributed by atoms with Gasteiger partial charge in [-0.15, -0.1) is 5.10 Å². The van der Waals surface area contributed by atoms with E-state index in [0.29, 0.717) is 6.54 Å². The van der Waals surface area contributed by atoms with Crippen LogP contribution in [0.5, 0.6) is 0 Å². The van der Waals surface area contributed by atoms with Crippen molar-refractivity contribution in [1.82, 2.24) is 24.8 Å². The van der Waals surface area contributed by atoms with Crippen molar-refractivity contribution in [3.8, 4) is 0 Å². The average Bonchev–Trinajstić information content (AvgIpc) is 3.01. The van der Waals surface area contributed by atoms with Crippen molar-refractivity contribution in [3.63, 3.8) is 0 Å². The number of hydrogen-bond acceptors (Lipinski definition) is 4. The van der Waals surface area contributed by atoms with Crippen LogP contribution >= 0.6 is 0 Å². The molecule has 0 aliphatic heterocycles. The van der Waals surface area contributed by atoms with Gasteiger partial charge in [0.05, 0.1) is 12.2 Å². The Morgan fingerprint density at radius 2 is 2.00 bits per heavy atom. The van der Waals surface area contributed by atoms with Gasteiger partial charge < -0.3 is 5.73 Å². The third kappa shape index (κ3) is 2.75. The molecule has 0 saturated carbocycles. The lowest BCUT2D eigenvalue weighted by Crippen LogP contribution is -2.13. The van der Waals surface area contributed by atoms with Crippen LogP contribution < -0.4 is 5.73 Å². The molecule has 20 heavy (non-hydrogen) atoms. The van der Waals surface area contributed by atoms with Crippen LogP contribution in [0.4, 0.5) is 0 Å². The lowest BCUT2D eigenvalue weighted by atomic mass is 10.00. The summed E-state index contributed by atoms with van der Waals surface area (Å²) in [5, 5.41) is 12.8. The Morgan fingerprint density at radius 3 is 2.50 bits per heavy atom. The lowest BCUT2D eigenvalue weighted by Gasteiger charge is -2.12. The van der Waals surface area contributed by atoms with E-state index in [4.69, 9.17) is 10.8 Å². The van der Waals surface area contributed by atoms with Gasteiger partial charge in [-0.2, -0.15) is 5.10 Å². The Hall–Kier alpha value is -1.69. The van der Waals surface area contributed by atoms with Crippen LogP contribution in [0.25, 0.3) is 0 Å². The average molecular weight is 276 g/mol. The molecule has 6 heteroatoms. The zero-order valence-corrected chi connectivity index (χ0v) is 12.8. The van der Waals surface area contributed by atoms with E-state index in [1.54, 1.807) is 4.68 Å². The van der Waals surface area contributed by atoms with Crippen molar-refractivity contribution in [3.05, 3.63) is 28.8 Å². The van der Waals surface area contributed by atoms with Gasteiger partial charge in [0, 0.05) is 30.5 Å². The first-order valence-electron chi connectivity index (χ1n) is 7.29. The summed E-state index contributed by atoms with van der Waals surface area (Å²) in [7, 11) is 1.87. The summed E-state index contributed by atoms with van der Waals surface area (Å²) in [6, 6.07) is 0.0653. The van der Waals surface area contributed by atoms with Crippen molar-refractivity contribution < 1.29 is 0 Å². The third-order valence-corrected chi connectivity index (χ3v) is 3.62. The predicted octanol–water partition coefficient (Wildman–Crippen LogP) is 1.59. The Bertz CT molecular complexity index is 568. The fraction of sp³-hybridized carbons (Fsp3) is 0.643. The van der Waals surface area contributed by atoms with E-state index in [9.17, 15) is 0 Å². The van der Waals surface area contributed by atoms with Gasteiger partial charge >= 0.3 is 0 Å². The molecule has 0 spiro atoms. The molecule has 0 bridgehead atoms. The van der Waals surface area contributed by atoms with Gasteiger partial charge in [-0.05, 0) is 19.3 Å². The van der Waals surface area contributed by atoms with Crippen molar-refractivity contribution in [2.24, 2.45) is 12.8 Å². The van der Waals surface area contributed by atoms with Crippen LogP contribution in [0.15, 0.2) is 6.20 Å². The van der Waals surface area contributed by atoms with E-state index < -0.39 is 0 Å². The van der Waals surface area contributed by atoms with E-state index in [1.165, 1.54) is 11.3 Å². The van der Waals surface area contributed by atoms with E-state index in [0.717, 1.165) is 30.7 Å². The Labute approximate surface area is 120 Å². The zero-order chi connectivity index (χ0) is 14.7. The molecule has 2 aromatic heterocycles. The van der Waals surface area contributed by atoms with Crippen LogP contribution in [0.1, 0.15) is 55.9 Å². The SMILES string of the molecule is CCc1nn(Cc2cn(C)nn2)c(CC)c1C(N)CC. The first-order valence-corrected chi connectivity index (χ1v) is 7.29. The Balaban J connectivity index is 2.40. The highest BCUT2D eigenvalue weighted by Gasteiger charge is 2.20. The molecule has 6 nitrogen and oxygen atoms in total. The zero-order valence-electron chi connectivity index (χ0n) is 12.8. The van der Waals surface area contributed by atoms with Gasteiger partial charge in [-0.25, -0.2) is 0 Å². The minimum absolute atomic E-state index is 0.0653. The number of rotatable bonds is 6. The summed E-state index contributed by atoms with van der Waals surface area (Å²) < 4.78 is 3.75. The maximum Gasteiger partial charge on any atom is 0.104 e. The molecule has 0 amide bonds. The van der Waals surface area contributed by atoms with Gasteiger partial charge in [-0.1, -0.05) is 26.0 Å². The van der Waals surface area contributed by atoms with Crippen molar-refractivity contribution in [1.29, 1.82) is 0 Å². The quantitative estimate of drug-likeness (QED) is 0.869. The number of nitrogens with two attached hydrogens (primary N) is 1. The van der Waals surface area contributed by atoms with E-state index in [2.05, 4.69) is 31.1 Å². The second kappa shape index (κ2) is 6.17. The molecule has 0 aliphatic carbocycles. The van der Waals surface area contributed by atoms with Crippen LogP contribution in [0, 0.1) is 0 Å². The molecule has 2 aromatic rings. The normalized spacial score (nSPS) is 12.8. The summed E-state index contributed by atoms with van der Waals surface area (Å²) in [4.78, 5) is 0. The second-order valence-corrected chi connectivity index (χ2v) is 5.07. The van der Waals surface area contributed by atoms with E-state index in [-0.39, 0.29) is 6.04 Å². The largest absolute Gasteiger partial charge is 0.324 e. The van der Waals surface area contributed by atoms with E-state index >= 15 is 0 Å². The predicted molar refractivity (Wildman–Crippen MR) is 78.3 cm³/mol. The third-order valence-electron chi connectivity index (χ3n) is 3.62. The van der Waals surface area contributed by atoms with Gasteiger partial charge in [0.15, 0.2) is 0 Å². The van der Waals surface area contributed by atoms with E-state index in [1.807, 2.05) is 17.9 Å². The molecule has 110 valence electrons. The molecule has 0 aromatic carbocycles. The summed E-state index contributed by atoms with van der Waals surface area (Å²) in [6.45, 7) is 7.04. The van der Waals surface area contributed by atoms with Gasteiger partial charge in [-0.3, -0.25) is 9.36 Å². The molecular weight excluding hydrogens is 252 g/mol. The molecular formula is C14H24N6. The van der Waals surface area contributed by atoms with Crippen LogP contribution in [-0.2, 0) is 26.4 Å². The summed E-state index contributed by atoms with van der Waals surface area (Å²) >= 11 is 0. The summed E-state index contributed by atoms with van der Waals surface area (Å²) in [5.41, 5.74) is 10.8. The molecule has 0 radical (unpaired) electrons. The number of hydrogen-bond donors (Lipinski definition) is 1. The molecule has 0 saturated heterocycles. The minimum atomic E-state index is 0.0653. The molecule has 2 rings (SSSR count). The molecule has 2 N–H and O–H groups in total. The molecule has 0 fully saturated rings. The molecule has 0 aliphatic rings. The first-order chi connectivity index (χ1) is 9.60. The Kier molecular flexibility index (Phi) is 4.54. The maximum atomic E-state index is 6.27. The smallest absolute Gasteiger partial charge is 0.104 e. The maximum absolute atomic E-state index is 6.27. The van der Waals surface area contributed by atoms with Crippen LogP contribution in [0.2, 0.25) is 0 Å². The molecule has 2 heterocycles. The highest BCUT2D eigenvalue weighted by atomic mass is 15.4. The fourth-order valence-electron chi connectivity index (χ4n) is 2.58. The summed E-state index contributed by atoms with van der Waals surface area (Å²) in [6.07, 6.45) is 4.68. The topological polar surface area (TPSA) is 74.5 Å². The van der Waals surface area contributed by atoms with Crippen LogP contribution in [-0.4, -0.2) is 24.8 Å². The fourth-order valence-corrected chi connectivity index (χ4v) is 2.58. The first kappa shape index (κ1) is 14.7. The van der Waals surface area contributed by atoms with Gasteiger partial charge in [0.1, 0.15) is 5.69 Å². The number of aromatic nitrogens is 5. The molecule has 1 atom stereocenters. The van der Waals surface area contributed by atoms with Crippen molar-refractivity contribution in [2.75, 3.05) is 0 Å². The highest BCUT2D eigenvalue weighted by Crippen LogP contribution is 2.24. The molecule has 1 unspecified atom stereocenters. The lowest BCUT2D eigenvalue weighted by molar-refractivity contribution is 0.621. The van der Waals surface area contributed by atoms with Gasteiger partial charge in [0.2, 0.25) is 0 Å².